The molecule has 0 saturated carbocycles. The number of nitrogens with zero attached hydrogens (tertiary/aromatic N) is 4. The van der Waals surface area contributed by atoms with Crippen LogP contribution in [0, 0.1) is 0 Å². The number of anilines is 1. The number of H-pyrrole nitrogens is 1. The van der Waals surface area contributed by atoms with Crippen LogP contribution in [-0.2, 0) is 13.5 Å². The summed E-state index contributed by atoms with van der Waals surface area (Å²) in [5.74, 6) is 1.36. The van der Waals surface area contributed by atoms with Crippen LogP contribution in [0.5, 0.6) is 5.75 Å². The summed E-state index contributed by atoms with van der Waals surface area (Å²) in [5, 5.41) is 7.52. The third-order valence-electron chi connectivity index (χ3n) is 4.38. The highest BCUT2D eigenvalue weighted by atomic mass is 16.5. The van der Waals surface area contributed by atoms with Crippen LogP contribution in [0.1, 0.15) is 32.9 Å². The van der Waals surface area contributed by atoms with E-state index >= 15 is 0 Å². The molecule has 0 fully saturated rings. The van der Waals surface area contributed by atoms with Gasteiger partial charge in [0.15, 0.2) is 11.5 Å². The van der Waals surface area contributed by atoms with Crippen molar-refractivity contribution in [2.45, 2.75) is 33.6 Å². The van der Waals surface area contributed by atoms with E-state index in [-0.39, 0.29) is 5.56 Å². The highest BCUT2D eigenvalue weighted by molar-refractivity contribution is 5.93. The van der Waals surface area contributed by atoms with Crippen molar-refractivity contribution in [3.05, 3.63) is 34.2 Å². The van der Waals surface area contributed by atoms with Gasteiger partial charge in [-0.15, -0.1) is 0 Å². The zero-order valence-electron chi connectivity index (χ0n) is 17.2. The number of hydrogen-bond acceptors (Lipinski definition) is 5. The minimum atomic E-state index is -0.241. The molecular weight excluding hydrogens is 370 g/mol. The summed E-state index contributed by atoms with van der Waals surface area (Å²) in [6.07, 6.45) is 1.66. The molecule has 0 spiro atoms. The molecule has 9 nitrogen and oxygen atoms in total. The van der Waals surface area contributed by atoms with Crippen molar-refractivity contribution in [2.24, 2.45) is 17.8 Å². The van der Waals surface area contributed by atoms with Crippen molar-refractivity contribution >= 4 is 22.7 Å². The maximum absolute atomic E-state index is 12.8. The Morgan fingerprint density at radius 2 is 2.14 bits per heavy atom. The fourth-order valence-corrected chi connectivity index (χ4v) is 3.21. The van der Waals surface area contributed by atoms with E-state index in [0.29, 0.717) is 47.3 Å². The van der Waals surface area contributed by atoms with E-state index in [0.717, 1.165) is 24.2 Å². The Hall–Kier alpha value is -3.36. The molecule has 2 aromatic heterocycles. The van der Waals surface area contributed by atoms with Crippen molar-refractivity contribution in [1.82, 2.24) is 19.7 Å². The van der Waals surface area contributed by atoms with Gasteiger partial charge in [-0.3, -0.25) is 14.5 Å². The Morgan fingerprint density at radius 1 is 1.34 bits per heavy atom. The average molecular weight is 397 g/mol. The number of nitrogens with one attached hydrogen (secondary N) is 2. The second-order valence-corrected chi connectivity index (χ2v) is 6.56. The summed E-state index contributed by atoms with van der Waals surface area (Å²) in [6.45, 7) is 6.94. The second-order valence-electron chi connectivity index (χ2n) is 6.56. The van der Waals surface area contributed by atoms with Gasteiger partial charge in [0.05, 0.1) is 17.9 Å². The van der Waals surface area contributed by atoms with E-state index in [1.54, 1.807) is 11.7 Å². The fraction of sp³-hybridized carbons (Fsp3) is 0.400. The predicted molar refractivity (Wildman–Crippen MR) is 116 cm³/mol. The minimum Gasteiger partial charge on any atom is -0.493 e. The number of aromatic nitrogens is 4. The highest BCUT2D eigenvalue weighted by Crippen LogP contribution is 2.31. The third kappa shape index (κ3) is 4.23. The summed E-state index contributed by atoms with van der Waals surface area (Å²) in [6, 6.07) is 5.50. The first-order chi connectivity index (χ1) is 14.0. The van der Waals surface area contributed by atoms with Gasteiger partial charge in [-0.2, -0.15) is 5.10 Å². The van der Waals surface area contributed by atoms with E-state index in [4.69, 9.17) is 15.5 Å². The van der Waals surface area contributed by atoms with Crippen molar-refractivity contribution in [2.75, 3.05) is 18.5 Å². The molecule has 0 aliphatic rings. The SMILES string of the molecule is CCCc1nn(C)c2c(=O)[nH]c(-c3cc(NC(N)=NCC)ccc3OCC)nc12. The molecule has 154 valence electrons. The zero-order valence-corrected chi connectivity index (χ0v) is 17.2. The van der Waals surface area contributed by atoms with Crippen LogP contribution in [0.3, 0.4) is 0 Å². The number of guanidine groups is 1. The van der Waals surface area contributed by atoms with Gasteiger partial charge in [-0.1, -0.05) is 13.3 Å². The van der Waals surface area contributed by atoms with Gasteiger partial charge < -0.3 is 20.8 Å². The molecule has 4 N–H and O–H groups in total. The lowest BCUT2D eigenvalue weighted by Gasteiger charge is -2.13. The number of ether oxygens (including phenoxy) is 1. The van der Waals surface area contributed by atoms with Crippen LogP contribution in [-0.4, -0.2) is 38.9 Å². The lowest BCUT2D eigenvalue weighted by molar-refractivity contribution is 0.341. The van der Waals surface area contributed by atoms with Gasteiger partial charge in [0.1, 0.15) is 17.1 Å². The standard InChI is InChI=1S/C20H27N7O2/c1-5-8-14-16-17(27(4)26-14)19(28)25-18(24-16)13-11-12(23-20(21)22-6-2)9-10-15(13)29-7-3/h9-11H,5-8H2,1-4H3,(H3,21,22,23)(H,24,25,28). The number of aromatic amines is 1. The molecule has 1 aromatic carbocycles. The quantitative estimate of drug-likeness (QED) is 0.416. The molecule has 0 aliphatic heterocycles. The molecule has 0 radical (unpaired) electrons. The van der Waals surface area contributed by atoms with Gasteiger partial charge in [-0.05, 0) is 38.5 Å². The molecule has 0 amide bonds. The van der Waals surface area contributed by atoms with E-state index in [1.165, 1.54) is 0 Å². The summed E-state index contributed by atoms with van der Waals surface area (Å²) >= 11 is 0. The molecule has 9 heteroatoms. The molecule has 3 aromatic rings. The van der Waals surface area contributed by atoms with Crippen LogP contribution in [0.4, 0.5) is 5.69 Å². The number of rotatable bonds is 7. The van der Waals surface area contributed by atoms with Gasteiger partial charge in [-0.25, -0.2) is 4.98 Å². The maximum atomic E-state index is 12.8. The van der Waals surface area contributed by atoms with Crippen molar-refractivity contribution in [3.63, 3.8) is 0 Å². The zero-order chi connectivity index (χ0) is 21.0. The first-order valence-corrected chi connectivity index (χ1v) is 9.78. The minimum absolute atomic E-state index is 0.241. The molecule has 0 atom stereocenters. The lowest BCUT2D eigenvalue weighted by Crippen LogP contribution is -2.22. The normalized spacial score (nSPS) is 11.8. The molecule has 3 rings (SSSR count). The first kappa shape index (κ1) is 20.4. The van der Waals surface area contributed by atoms with Crippen molar-refractivity contribution in [1.29, 1.82) is 0 Å². The maximum Gasteiger partial charge on any atom is 0.277 e. The van der Waals surface area contributed by atoms with E-state index in [2.05, 4.69) is 27.3 Å². The molecule has 2 heterocycles. The van der Waals surface area contributed by atoms with Crippen molar-refractivity contribution < 1.29 is 4.74 Å². The summed E-state index contributed by atoms with van der Waals surface area (Å²) in [4.78, 5) is 24.5. The smallest absolute Gasteiger partial charge is 0.277 e. The number of hydrogen-bond donors (Lipinski definition) is 3. The van der Waals surface area contributed by atoms with Gasteiger partial charge in [0, 0.05) is 19.3 Å². The molecule has 0 bridgehead atoms. The molecular formula is C20H27N7O2. The van der Waals surface area contributed by atoms with Crippen LogP contribution in [0.2, 0.25) is 0 Å². The monoisotopic (exact) mass is 397 g/mol. The predicted octanol–water partition coefficient (Wildman–Crippen LogP) is 2.42. The van der Waals surface area contributed by atoms with Crippen LogP contribution in [0.25, 0.3) is 22.4 Å². The summed E-state index contributed by atoms with van der Waals surface area (Å²) in [5.41, 5.74) is 8.90. The van der Waals surface area contributed by atoms with Crippen LogP contribution in [0.15, 0.2) is 28.0 Å². The Labute approximate surface area is 169 Å². The number of aliphatic imine (C=N–C) groups is 1. The third-order valence-corrected chi connectivity index (χ3v) is 4.38. The highest BCUT2D eigenvalue weighted by Gasteiger charge is 2.17. The molecule has 0 unspecified atom stereocenters. The van der Waals surface area contributed by atoms with Crippen LogP contribution >= 0.6 is 0 Å². The average Bonchev–Trinajstić information content (AvgIpc) is 2.99. The van der Waals surface area contributed by atoms with Gasteiger partial charge in [0.25, 0.3) is 5.56 Å². The molecule has 0 aliphatic carbocycles. The first-order valence-electron chi connectivity index (χ1n) is 9.78. The molecule has 0 saturated heterocycles. The van der Waals surface area contributed by atoms with E-state index in [1.807, 2.05) is 32.0 Å². The van der Waals surface area contributed by atoms with Crippen molar-refractivity contribution in [3.8, 4) is 17.1 Å². The number of fused-ring (bicyclic) bond motifs is 1. The Kier molecular flexibility index (Phi) is 6.16. The largest absolute Gasteiger partial charge is 0.493 e. The lowest BCUT2D eigenvalue weighted by atomic mass is 10.1. The van der Waals surface area contributed by atoms with E-state index < -0.39 is 0 Å². The fourth-order valence-electron chi connectivity index (χ4n) is 3.21. The molecule has 29 heavy (non-hydrogen) atoms. The Morgan fingerprint density at radius 3 is 2.83 bits per heavy atom. The number of aryl methyl sites for hydroxylation is 2. The Balaban J connectivity index is 2.17. The second kappa shape index (κ2) is 8.76. The van der Waals surface area contributed by atoms with Crippen LogP contribution < -0.4 is 21.3 Å². The Bertz CT molecular complexity index is 1100. The number of nitrogens with two attached hydrogens (primary N) is 1. The van der Waals surface area contributed by atoms with Gasteiger partial charge >= 0.3 is 0 Å². The van der Waals surface area contributed by atoms with E-state index in [9.17, 15) is 4.79 Å². The van der Waals surface area contributed by atoms with Gasteiger partial charge in [0.2, 0.25) is 0 Å². The summed E-state index contributed by atoms with van der Waals surface area (Å²) in [7, 11) is 1.75. The summed E-state index contributed by atoms with van der Waals surface area (Å²) < 4.78 is 7.34. The number of benzene rings is 1. The topological polar surface area (TPSA) is 123 Å².